The number of rotatable bonds is 4. The molecule has 0 aromatic carbocycles. The SMILES string of the molecule is Brc1nnc(NCCC2CCC2)s1. The van der Waals surface area contributed by atoms with Crippen LogP contribution in [0.25, 0.3) is 0 Å². The number of halogens is 1. The summed E-state index contributed by atoms with van der Waals surface area (Å²) < 4.78 is 0.846. The molecule has 0 amide bonds. The van der Waals surface area contributed by atoms with E-state index in [9.17, 15) is 0 Å². The van der Waals surface area contributed by atoms with Gasteiger partial charge in [-0.3, -0.25) is 0 Å². The van der Waals surface area contributed by atoms with Gasteiger partial charge in [0.2, 0.25) is 5.13 Å². The standard InChI is InChI=1S/C8H12BrN3S/c9-7-11-12-8(13-7)10-5-4-6-2-1-3-6/h6H,1-5H2,(H,10,12). The highest BCUT2D eigenvalue weighted by Crippen LogP contribution is 2.29. The van der Waals surface area contributed by atoms with Crippen LogP contribution in [0.4, 0.5) is 5.13 Å². The van der Waals surface area contributed by atoms with Crippen LogP contribution >= 0.6 is 27.3 Å². The molecule has 72 valence electrons. The smallest absolute Gasteiger partial charge is 0.206 e. The lowest BCUT2D eigenvalue weighted by Crippen LogP contribution is -2.15. The van der Waals surface area contributed by atoms with Gasteiger partial charge >= 0.3 is 0 Å². The van der Waals surface area contributed by atoms with Crippen LogP contribution in [0.1, 0.15) is 25.7 Å². The average Bonchev–Trinajstić information content (AvgIpc) is 2.42. The molecule has 1 aromatic rings. The maximum atomic E-state index is 3.97. The molecule has 1 N–H and O–H groups in total. The lowest BCUT2D eigenvalue weighted by Gasteiger charge is -2.24. The number of anilines is 1. The molecule has 2 rings (SSSR count). The van der Waals surface area contributed by atoms with Gasteiger partial charge in [0.1, 0.15) is 0 Å². The van der Waals surface area contributed by atoms with E-state index in [-0.39, 0.29) is 0 Å². The van der Waals surface area contributed by atoms with Crippen molar-refractivity contribution in [2.45, 2.75) is 25.7 Å². The molecule has 1 heterocycles. The van der Waals surface area contributed by atoms with Crippen LogP contribution in [0.15, 0.2) is 3.92 Å². The van der Waals surface area contributed by atoms with E-state index in [1.54, 1.807) is 11.3 Å². The molecule has 1 saturated carbocycles. The van der Waals surface area contributed by atoms with E-state index in [0.717, 1.165) is 21.5 Å². The van der Waals surface area contributed by atoms with E-state index in [2.05, 4.69) is 31.4 Å². The number of nitrogens with one attached hydrogen (secondary N) is 1. The third-order valence-corrected chi connectivity index (χ3v) is 3.77. The fraction of sp³-hybridized carbons (Fsp3) is 0.750. The first kappa shape index (κ1) is 9.40. The topological polar surface area (TPSA) is 37.8 Å². The van der Waals surface area contributed by atoms with Gasteiger partial charge in [-0.2, -0.15) is 0 Å². The molecule has 0 saturated heterocycles. The van der Waals surface area contributed by atoms with Crippen molar-refractivity contribution in [3.8, 4) is 0 Å². The van der Waals surface area contributed by atoms with Crippen molar-refractivity contribution < 1.29 is 0 Å². The first-order valence-corrected chi connectivity index (χ1v) is 6.18. The maximum Gasteiger partial charge on any atom is 0.206 e. The maximum absolute atomic E-state index is 3.97. The number of aromatic nitrogens is 2. The summed E-state index contributed by atoms with van der Waals surface area (Å²) in [6.07, 6.45) is 5.54. The fourth-order valence-corrected chi connectivity index (χ4v) is 2.48. The molecule has 13 heavy (non-hydrogen) atoms. The molecule has 1 fully saturated rings. The zero-order valence-electron chi connectivity index (χ0n) is 7.29. The van der Waals surface area contributed by atoms with Gasteiger partial charge in [0.05, 0.1) is 0 Å². The molecule has 5 heteroatoms. The Hall–Kier alpha value is -0.160. The van der Waals surface area contributed by atoms with Crippen LogP contribution in [0.2, 0.25) is 0 Å². The third-order valence-electron chi connectivity index (χ3n) is 2.45. The van der Waals surface area contributed by atoms with E-state index < -0.39 is 0 Å². The summed E-state index contributed by atoms with van der Waals surface area (Å²) in [5.41, 5.74) is 0. The zero-order valence-corrected chi connectivity index (χ0v) is 9.70. The van der Waals surface area contributed by atoms with Crippen molar-refractivity contribution in [1.82, 2.24) is 10.2 Å². The second kappa shape index (κ2) is 4.37. The Kier molecular flexibility index (Phi) is 3.16. The molecule has 0 bridgehead atoms. The zero-order chi connectivity index (χ0) is 9.10. The molecule has 1 aliphatic carbocycles. The van der Waals surface area contributed by atoms with Gasteiger partial charge in [-0.15, -0.1) is 10.2 Å². The van der Waals surface area contributed by atoms with Gasteiger partial charge in [-0.1, -0.05) is 30.6 Å². The van der Waals surface area contributed by atoms with Crippen molar-refractivity contribution in [2.75, 3.05) is 11.9 Å². The summed E-state index contributed by atoms with van der Waals surface area (Å²) in [6.45, 7) is 1.03. The monoisotopic (exact) mass is 261 g/mol. The Bertz CT molecular complexity index is 272. The van der Waals surface area contributed by atoms with Crippen LogP contribution in [-0.4, -0.2) is 16.7 Å². The average molecular weight is 262 g/mol. The Morgan fingerprint density at radius 3 is 2.85 bits per heavy atom. The number of nitrogens with zero attached hydrogens (tertiary/aromatic N) is 2. The molecule has 0 atom stereocenters. The molecular weight excluding hydrogens is 250 g/mol. The summed E-state index contributed by atoms with van der Waals surface area (Å²) in [4.78, 5) is 0. The van der Waals surface area contributed by atoms with Crippen LogP contribution < -0.4 is 5.32 Å². The molecule has 0 aliphatic heterocycles. The lowest BCUT2D eigenvalue weighted by atomic mass is 9.83. The first-order chi connectivity index (χ1) is 6.34. The van der Waals surface area contributed by atoms with Gasteiger partial charge in [-0.05, 0) is 28.3 Å². The molecule has 0 spiro atoms. The van der Waals surface area contributed by atoms with E-state index in [1.165, 1.54) is 25.7 Å². The normalized spacial score (nSPS) is 17.0. The summed E-state index contributed by atoms with van der Waals surface area (Å²) in [6, 6.07) is 0. The van der Waals surface area contributed by atoms with Crippen LogP contribution in [0, 0.1) is 5.92 Å². The van der Waals surface area contributed by atoms with Gasteiger partial charge < -0.3 is 5.32 Å². The first-order valence-electron chi connectivity index (χ1n) is 4.57. The van der Waals surface area contributed by atoms with Crippen LogP contribution in [0.5, 0.6) is 0 Å². The van der Waals surface area contributed by atoms with Crippen LogP contribution in [-0.2, 0) is 0 Å². The minimum absolute atomic E-state index is 0.846. The quantitative estimate of drug-likeness (QED) is 0.906. The van der Waals surface area contributed by atoms with Gasteiger partial charge in [-0.25, -0.2) is 0 Å². The number of hydrogen-bond donors (Lipinski definition) is 1. The largest absolute Gasteiger partial charge is 0.360 e. The Morgan fingerprint density at radius 1 is 1.46 bits per heavy atom. The predicted molar refractivity (Wildman–Crippen MR) is 58.1 cm³/mol. The highest BCUT2D eigenvalue weighted by Gasteiger charge is 2.16. The van der Waals surface area contributed by atoms with Gasteiger partial charge in [0.15, 0.2) is 3.92 Å². The van der Waals surface area contributed by atoms with Crippen molar-refractivity contribution >= 4 is 32.4 Å². The summed E-state index contributed by atoms with van der Waals surface area (Å²) in [5, 5.41) is 12.0. The summed E-state index contributed by atoms with van der Waals surface area (Å²) >= 11 is 4.83. The van der Waals surface area contributed by atoms with E-state index in [4.69, 9.17) is 0 Å². The number of hydrogen-bond acceptors (Lipinski definition) is 4. The second-order valence-electron chi connectivity index (χ2n) is 3.37. The minimum atomic E-state index is 0.846. The summed E-state index contributed by atoms with van der Waals surface area (Å²) in [7, 11) is 0. The van der Waals surface area contributed by atoms with E-state index in [0.29, 0.717) is 0 Å². The Labute approximate surface area is 90.1 Å². The van der Waals surface area contributed by atoms with Crippen molar-refractivity contribution in [3.63, 3.8) is 0 Å². The van der Waals surface area contributed by atoms with E-state index >= 15 is 0 Å². The van der Waals surface area contributed by atoms with E-state index in [1.807, 2.05) is 0 Å². The molecule has 1 aliphatic rings. The minimum Gasteiger partial charge on any atom is -0.360 e. The Morgan fingerprint density at radius 2 is 2.31 bits per heavy atom. The fourth-order valence-electron chi connectivity index (χ4n) is 1.44. The van der Waals surface area contributed by atoms with Crippen molar-refractivity contribution in [1.29, 1.82) is 0 Å². The lowest BCUT2D eigenvalue weighted by molar-refractivity contribution is 0.303. The predicted octanol–water partition coefficient (Wildman–Crippen LogP) is 2.90. The second-order valence-corrected chi connectivity index (χ2v) is 5.63. The van der Waals surface area contributed by atoms with Crippen LogP contribution in [0.3, 0.4) is 0 Å². The van der Waals surface area contributed by atoms with Gasteiger partial charge in [0.25, 0.3) is 0 Å². The molecule has 3 nitrogen and oxygen atoms in total. The molecular formula is C8H12BrN3S. The van der Waals surface area contributed by atoms with Gasteiger partial charge in [0, 0.05) is 6.54 Å². The highest BCUT2D eigenvalue weighted by molar-refractivity contribution is 9.11. The van der Waals surface area contributed by atoms with Crippen molar-refractivity contribution in [3.05, 3.63) is 3.92 Å². The Balaban J connectivity index is 1.67. The third kappa shape index (κ3) is 2.64. The highest BCUT2D eigenvalue weighted by atomic mass is 79.9. The molecule has 0 radical (unpaired) electrons. The molecule has 1 aromatic heterocycles. The van der Waals surface area contributed by atoms with Crippen molar-refractivity contribution in [2.24, 2.45) is 5.92 Å². The molecule has 0 unspecified atom stereocenters. The summed E-state index contributed by atoms with van der Waals surface area (Å²) in [5.74, 6) is 0.962.